The Bertz CT molecular complexity index is 5500. The van der Waals surface area contributed by atoms with Gasteiger partial charge in [0.1, 0.15) is 0 Å². The van der Waals surface area contributed by atoms with E-state index in [2.05, 4.69) is 371 Å². The van der Waals surface area contributed by atoms with E-state index in [0.29, 0.717) is 17.5 Å². The van der Waals surface area contributed by atoms with E-state index >= 15 is 0 Å². The average molecular weight is 1230 g/mol. The molecule has 3 heteroatoms. The third-order valence-electron chi connectivity index (χ3n) is 18.8. The van der Waals surface area contributed by atoms with Crippen LogP contribution in [0, 0.1) is 6.92 Å². The first kappa shape index (κ1) is 58.2. The van der Waals surface area contributed by atoms with E-state index in [4.69, 9.17) is 15.0 Å². The maximum absolute atomic E-state index is 5.49. The molecule has 16 aromatic carbocycles. The van der Waals surface area contributed by atoms with Crippen LogP contribution >= 0.6 is 0 Å². The van der Waals surface area contributed by atoms with Crippen LogP contribution in [0.4, 0.5) is 0 Å². The zero-order valence-electron chi connectivity index (χ0n) is 53.5. The molecule has 17 rings (SSSR count). The normalized spacial score (nSPS) is 11.4. The minimum absolute atomic E-state index is 0.585. The molecule has 1 heterocycles. The van der Waals surface area contributed by atoms with Crippen molar-refractivity contribution in [2.24, 2.45) is 0 Å². The van der Waals surface area contributed by atoms with Crippen LogP contribution in [0.25, 0.3) is 178 Å². The summed E-state index contributed by atoms with van der Waals surface area (Å²) >= 11 is 0. The fraction of sp³-hybridized carbons (Fsp3) is 0.0106. The standard InChI is InChI=1S/C94H63N3/c1-62-47-78(70-35-19-33-68(49-70)63-23-7-2-8-24-63)53-79(48-62)71-36-20-34-69(50-71)74-43-45-88-86-41-17-18-42-87(86)91-61-77(44-46-89(91)90(88)60-74)94-96-92(75-39-21-37-72(51-75)84-56-80(64-25-9-3-10-26-64)54-81(57-84)65-27-11-4-12-28-65)95-93(97-94)76-40-22-38-73(52-76)85-58-82(66-29-13-5-14-30-66)55-83(59-85)67-31-15-6-16-32-67/h2-61H,1H3. The lowest BCUT2D eigenvalue weighted by molar-refractivity contribution is 1.07. The van der Waals surface area contributed by atoms with Crippen molar-refractivity contribution in [1.82, 2.24) is 15.0 Å². The van der Waals surface area contributed by atoms with E-state index in [1.54, 1.807) is 0 Å². The van der Waals surface area contributed by atoms with Gasteiger partial charge in [0, 0.05) is 16.7 Å². The van der Waals surface area contributed by atoms with Crippen molar-refractivity contribution in [3.8, 4) is 145 Å². The van der Waals surface area contributed by atoms with Gasteiger partial charge in [0.15, 0.2) is 17.5 Å². The van der Waals surface area contributed by atoms with Crippen LogP contribution in [-0.2, 0) is 0 Å². The van der Waals surface area contributed by atoms with E-state index in [-0.39, 0.29) is 0 Å². The van der Waals surface area contributed by atoms with E-state index < -0.39 is 0 Å². The highest BCUT2D eigenvalue weighted by molar-refractivity contribution is 6.26. The molecular weight excluding hydrogens is 1170 g/mol. The van der Waals surface area contributed by atoms with Crippen molar-refractivity contribution < 1.29 is 0 Å². The van der Waals surface area contributed by atoms with E-state index in [0.717, 1.165) is 105 Å². The summed E-state index contributed by atoms with van der Waals surface area (Å²) < 4.78 is 0. The summed E-state index contributed by atoms with van der Waals surface area (Å²) in [5.41, 5.74) is 26.9. The van der Waals surface area contributed by atoms with E-state index in [1.807, 2.05) is 0 Å². The average Bonchev–Trinajstić information content (AvgIpc) is 0.744. The topological polar surface area (TPSA) is 38.7 Å². The molecule has 0 saturated heterocycles. The molecular formula is C94H63N3. The van der Waals surface area contributed by atoms with Crippen LogP contribution in [0.1, 0.15) is 5.56 Å². The Morgan fingerprint density at radius 2 is 0.330 bits per heavy atom. The van der Waals surface area contributed by atoms with Gasteiger partial charge in [0.2, 0.25) is 0 Å². The van der Waals surface area contributed by atoms with Crippen LogP contribution in [-0.4, -0.2) is 15.0 Å². The van der Waals surface area contributed by atoms with Gasteiger partial charge < -0.3 is 0 Å². The van der Waals surface area contributed by atoms with Gasteiger partial charge in [-0.15, -0.1) is 0 Å². The summed E-state index contributed by atoms with van der Waals surface area (Å²) in [6.07, 6.45) is 0. The smallest absolute Gasteiger partial charge is 0.164 e. The van der Waals surface area contributed by atoms with Gasteiger partial charge in [-0.2, -0.15) is 0 Å². The van der Waals surface area contributed by atoms with Crippen molar-refractivity contribution in [3.05, 3.63) is 370 Å². The number of benzene rings is 16. The fourth-order valence-electron chi connectivity index (χ4n) is 14.0. The molecule has 97 heavy (non-hydrogen) atoms. The first-order chi connectivity index (χ1) is 47.9. The number of hydrogen-bond donors (Lipinski definition) is 0. The van der Waals surface area contributed by atoms with Crippen molar-refractivity contribution in [2.45, 2.75) is 6.92 Å². The molecule has 0 aliphatic rings. The minimum Gasteiger partial charge on any atom is -0.208 e. The van der Waals surface area contributed by atoms with Gasteiger partial charge >= 0.3 is 0 Å². The molecule has 3 nitrogen and oxygen atoms in total. The molecule has 454 valence electrons. The quantitative estimate of drug-likeness (QED) is 0.108. The van der Waals surface area contributed by atoms with Gasteiger partial charge in [-0.25, -0.2) is 15.0 Å². The first-order valence-corrected chi connectivity index (χ1v) is 33.2. The third-order valence-corrected chi connectivity index (χ3v) is 18.8. The van der Waals surface area contributed by atoms with Crippen LogP contribution in [0.5, 0.6) is 0 Å². The summed E-state index contributed by atoms with van der Waals surface area (Å²) in [5.74, 6) is 1.76. The number of fused-ring (bicyclic) bond motifs is 6. The number of nitrogens with zero attached hydrogens (tertiary/aromatic N) is 3. The Morgan fingerprint density at radius 1 is 0.134 bits per heavy atom. The summed E-state index contributed by atoms with van der Waals surface area (Å²) in [4.78, 5) is 16.4. The highest BCUT2D eigenvalue weighted by atomic mass is 15.0. The van der Waals surface area contributed by atoms with Gasteiger partial charge in [0.25, 0.3) is 0 Å². The Morgan fingerprint density at radius 3 is 0.701 bits per heavy atom. The Labute approximate surface area is 565 Å². The molecule has 17 aromatic rings. The molecule has 0 radical (unpaired) electrons. The molecule has 0 spiro atoms. The summed E-state index contributed by atoms with van der Waals surface area (Å²) in [6.45, 7) is 2.20. The van der Waals surface area contributed by atoms with Crippen LogP contribution < -0.4 is 0 Å². The molecule has 0 N–H and O–H groups in total. The fourth-order valence-corrected chi connectivity index (χ4v) is 14.0. The van der Waals surface area contributed by atoms with Crippen molar-refractivity contribution in [1.29, 1.82) is 0 Å². The van der Waals surface area contributed by atoms with Crippen molar-refractivity contribution in [3.63, 3.8) is 0 Å². The zero-order valence-corrected chi connectivity index (χ0v) is 53.5. The van der Waals surface area contributed by atoms with Crippen molar-refractivity contribution in [2.75, 3.05) is 0 Å². The molecule has 0 aliphatic carbocycles. The second-order valence-electron chi connectivity index (χ2n) is 25.2. The zero-order chi connectivity index (χ0) is 64.6. The number of aromatic nitrogens is 3. The highest BCUT2D eigenvalue weighted by Gasteiger charge is 2.19. The molecule has 0 aliphatic heterocycles. The largest absolute Gasteiger partial charge is 0.208 e. The predicted octanol–water partition coefficient (Wildman–Crippen LogP) is 25.3. The molecule has 1 aromatic heterocycles. The maximum Gasteiger partial charge on any atom is 0.164 e. The summed E-state index contributed by atoms with van der Waals surface area (Å²) in [7, 11) is 0. The molecule has 0 atom stereocenters. The summed E-state index contributed by atoms with van der Waals surface area (Å²) in [5, 5.41) is 7.03. The molecule has 0 unspecified atom stereocenters. The number of rotatable bonds is 13. The van der Waals surface area contributed by atoms with Crippen LogP contribution in [0.3, 0.4) is 0 Å². The van der Waals surface area contributed by atoms with E-state index in [9.17, 15) is 0 Å². The molecule has 0 amide bonds. The summed E-state index contributed by atoms with van der Waals surface area (Å²) in [6, 6.07) is 132. The van der Waals surface area contributed by atoms with Gasteiger partial charge in [-0.05, 0) is 235 Å². The second kappa shape index (κ2) is 25.3. The minimum atomic E-state index is 0.585. The third kappa shape index (κ3) is 11.8. The molecule has 0 fully saturated rings. The predicted molar refractivity (Wildman–Crippen MR) is 408 cm³/mol. The van der Waals surface area contributed by atoms with E-state index in [1.165, 1.54) is 60.5 Å². The van der Waals surface area contributed by atoms with Crippen molar-refractivity contribution >= 4 is 32.3 Å². The van der Waals surface area contributed by atoms with Crippen LogP contribution in [0.15, 0.2) is 364 Å². The van der Waals surface area contributed by atoms with Crippen LogP contribution in [0.2, 0.25) is 0 Å². The Balaban J connectivity index is 0.794. The first-order valence-electron chi connectivity index (χ1n) is 33.2. The number of aryl methyl sites for hydroxylation is 1. The molecule has 0 saturated carbocycles. The number of hydrogen-bond acceptors (Lipinski definition) is 3. The lowest BCUT2D eigenvalue weighted by Gasteiger charge is -2.15. The maximum atomic E-state index is 5.49. The lowest BCUT2D eigenvalue weighted by atomic mass is 9.90. The highest BCUT2D eigenvalue weighted by Crippen LogP contribution is 2.42. The van der Waals surface area contributed by atoms with Gasteiger partial charge in [-0.1, -0.05) is 285 Å². The lowest BCUT2D eigenvalue weighted by Crippen LogP contribution is -2.00. The van der Waals surface area contributed by atoms with Gasteiger partial charge in [0.05, 0.1) is 0 Å². The SMILES string of the molecule is Cc1cc(-c2cccc(-c3ccccc3)c2)cc(-c2cccc(-c3ccc4c5ccccc5c5cc(-c6nc(-c7cccc(-c8cc(-c9ccccc9)cc(-c9ccccc9)c8)c7)nc(-c7cccc(-c8cc(-c9ccccc9)cc(-c9ccccc9)c8)c7)n6)ccc5c4c3)c2)c1. The molecule has 0 bridgehead atoms. The monoisotopic (exact) mass is 1230 g/mol. The van der Waals surface area contributed by atoms with Gasteiger partial charge in [-0.3, -0.25) is 0 Å². The second-order valence-corrected chi connectivity index (χ2v) is 25.2. The Kier molecular flexibility index (Phi) is 15.2. The Hall–Kier alpha value is -12.7.